The Bertz CT molecular complexity index is 2260. The minimum Gasteiger partial charge on any atom is -0.451 e. The summed E-state index contributed by atoms with van der Waals surface area (Å²) in [6.07, 6.45) is -8.56. The van der Waals surface area contributed by atoms with Crippen molar-refractivity contribution in [2.75, 3.05) is 6.54 Å². The van der Waals surface area contributed by atoms with Gasteiger partial charge in [-0.3, -0.25) is 28.8 Å². The van der Waals surface area contributed by atoms with Gasteiger partial charge in [0.25, 0.3) is 35.4 Å². The minimum absolute atomic E-state index is 0.0201. The van der Waals surface area contributed by atoms with Gasteiger partial charge in [0.05, 0.1) is 0 Å². The van der Waals surface area contributed by atoms with E-state index in [4.69, 9.17) is 34.2 Å². The van der Waals surface area contributed by atoms with Gasteiger partial charge < -0.3 is 66.1 Å². The van der Waals surface area contributed by atoms with Gasteiger partial charge in [-0.2, -0.15) is 0 Å². The molecule has 0 unspecified atom stereocenters. The average Bonchev–Trinajstić information content (AvgIpc) is 3.60. The van der Waals surface area contributed by atoms with Gasteiger partial charge in [-0.15, -0.1) is 0 Å². The van der Waals surface area contributed by atoms with Gasteiger partial charge >= 0.3 is 35.8 Å². The number of cyclic esters (lactones) is 6. The first-order valence-electron chi connectivity index (χ1n) is 30.1. The average molecular weight is 1210 g/mol. The summed E-state index contributed by atoms with van der Waals surface area (Å²) in [4.78, 5) is 168. The lowest BCUT2D eigenvalue weighted by molar-refractivity contribution is -0.167. The van der Waals surface area contributed by atoms with E-state index >= 15 is 0 Å². The first kappa shape index (κ1) is 76.6. The lowest BCUT2D eigenvalue weighted by Crippen LogP contribution is -2.55. The highest BCUT2D eigenvalue weighted by atomic mass is 16.6. The molecule has 0 bridgehead atoms. The monoisotopic (exact) mass is 1210 g/mol. The van der Waals surface area contributed by atoms with Crippen LogP contribution in [0.1, 0.15) is 177 Å². The minimum atomic E-state index is -1.55. The second-order valence-corrected chi connectivity index (χ2v) is 25.5. The number of carbonyl (C=O) groups is 12. The first-order valence-corrected chi connectivity index (χ1v) is 30.1. The molecule has 1 aliphatic rings. The lowest BCUT2D eigenvalue weighted by atomic mass is 10.0. The molecule has 12 atom stereocenters. The zero-order valence-electron chi connectivity index (χ0n) is 54.0. The summed E-state index contributed by atoms with van der Waals surface area (Å²) >= 11 is 0. The number of ether oxygens (including phenoxy) is 6. The largest absolute Gasteiger partial charge is 0.451 e. The lowest BCUT2D eigenvalue weighted by Gasteiger charge is -2.30. The molecular weight excluding hydrogens is 1110 g/mol. The maximum Gasteiger partial charge on any atom is 0.329 e. The van der Waals surface area contributed by atoms with E-state index < -0.39 is 180 Å². The zero-order valence-corrected chi connectivity index (χ0v) is 54.0. The number of rotatable bonds is 16. The molecule has 25 nitrogen and oxygen atoms in total. The number of hydrogen-bond donors (Lipinski definition) is 7. The second kappa shape index (κ2) is 36.6. The maximum atomic E-state index is 14.2. The van der Waals surface area contributed by atoms with E-state index in [-0.39, 0.29) is 50.0 Å². The van der Waals surface area contributed by atoms with Crippen molar-refractivity contribution in [1.29, 1.82) is 0 Å². The van der Waals surface area contributed by atoms with E-state index in [1.54, 1.807) is 125 Å². The van der Waals surface area contributed by atoms with Crippen LogP contribution >= 0.6 is 0 Å². The molecule has 0 aliphatic carbocycles. The molecule has 0 aromatic heterocycles. The Morgan fingerprint density at radius 2 is 0.600 bits per heavy atom. The molecule has 1 fully saturated rings. The Kier molecular flexibility index (Phi) is 33.0. The molecular formula is C60H103N7O18. The molecule has 0 spiro atoms. The number of unbranched alkanes of at least 4 members (excludes halogenated alkanes) is 1. The summed E-state index contributed by atoms with van der Waals surface area (Å²) in [5.41, 5.74) is 5.78. The predicted octanol–water partition coefficient (Wildman–Crippen LogP) is 3.62. The van der Waals surface area contributed by atoms with Gasteiger partial charge in [0.2, 0.25) is 0 Å². The van der Waals surface area contributed by atoms with Gasteiger partial charge in [-0.05, 0) is 112 Å². The fourth-order valence-electron chi connectivity index (χ4n) is 8.63. The van der Waals surface area contributed by atoms with Gasteiger partial charge in [0.1, 0.15) is 36.3 Å². The third kappa shape index (κ3) is 26.0. The van der Waals surface area contributed by atoms with Crippen LogP contribution in [-0.2, 0) is 86.0 Å². The summed E-state index contributed by atoms with van der Waals surface area (Å²) < 4.78 is 34.5. The van der Waals surface area contributed by atoms with Crippen LogP contribution in [0, 0.1) is 53.3 Å². The standard InChI is InChI=1S/C60H103N7O18/c1-28(2)25-40-49(68)62-38(20)56(75)84-47(35(15)16)53(72)66-45(33(11)12)60(79)82-42(27-30(5)6)51(70)64-39(23-21-22-24-61)57(76)85-48(36(17)18)54(73)67-44(32(9)10)59(78)81-41(26-29(3)4)50(69)63-37(19)55(74)83-46(34(13)14)52(71)65-43(31(7)8)58(77)80-40/h28-48H,21-27,61H2,1-20H3,(H,62,68)(H,63,69)(H,64,70)(H,65,71)(H,66,72)(H,67,73)/t37-,38-,39-,40-,41-,42-,43+,44+,45+,46+,47+,48+/m1/s1. The van der Waals surface area contributed by atoms with Crippen LogP contribution in [0.4, 0.5) is 0 Å². The fourth-order valence-corrected chi connectivity index (χ4v) is 8.63. The molecule has 8 N–H and O–H groups in total. The van der Waals surface area contributed by atoms with Crippen molar-refractivity contribution < 1.29 is 86.0 Å². The third-order valence-corrected chi connectivity index (χ3v) is 13.7. The summed E-state index contributed by atoms with van der Waals surface area (Å²) in [5.74, 6) is -16.5. The van der Waals surface area contributed by atoms with E-state index in [9.17, 15) is 57.5 Å². The Morgan fingerprint density at radius 1 is 0.329 bits per heavy atom. The van der Waals surface area contributed by atoms with Gasteiger partial charge in [-0.1, -0.05) is 125 Å². The highest BCUT2D eigenvalue weighted by Gasteiger charge is 2.42. The molecule has 0 saturated carbocycles. The van der Waals surface area contributed by atoms with Crippen LogP contribution in [-0.4, -0.2) is 151 Å². The third-order valence-electron chi connectivity index (χ3n) is 13.7. The van der Waals surface area contributed by atoms with Gasteiger partial charge in [0.15, 0.2) is 36.6 Å². The Balaban J connectivity index is 4.05. The Labute approximate surface area is 503 Å². The second-order valence-electron chi connectivity index (χ2n) is 25.5. The van der Waals surface area contributed by atoms with E-state index in [0.717, 1.165) is 0 Å². The summed E-state index contributed by atoms with van der Waals surface area (Å²) in [5, 5.41) is 15.4. The number of nitrogens with two attached hydrogens (primary N) is 1. The predicted molar refractivity (Wildman–Crippen MR) is 313 cm³/mol. The quantitative estimate of drug-likeness (QED) is 0.0659. The topological polar surface area (TPSA) is 358 Å². The molecule has 25 heteroatoms. The van der Waals surface area contributed by atoms with Crippen molar-refractivity contribution in [3.8, 4) is 0 Å². The Hall–Kier alpha value is -6.40. The summed E-state index contributed by atoms with van der Waals surface area (Å²) in [6.45, 7) is 32.5. The van der Waals surface area contributed by atoms with Gasteiger partial charge in [-0.25, -0.2) is 28.8 Å². The molecule has 0 radical (unpaired) electrons. The van der Waals surface area contributed by atoms with Crippen LogP contribution in [0.3, 0.4) is 0 Å². The molecule has 486 valence electrons. The number of amides is 6. The van der Waals surface area contributed by atoms with Crippen LogP contribution < -0.4 is 37.6 Å². The molecule has 0 aromatic rings. The SMILES string of the molecule is CC(C)C[C@H]1OC(=O)[C@H](C(C)C)NC(=O)[C@H](C(C)C)OC(=O)[C@@H](C)NC(=O)[C@@H](CC(C)C)OC(=O)[C@H](C(C)C)NC(=O)[C@H](C(C)C)OC(=O)[C@@H](CCCCN)NC(=O)[C@@H](CC(C)C)OC(=O)[C@H](C(C)C)NC(=O)[C@H](C(C)C)OC(=O)[C@@H](C)NC1=O. The zero-order chi connectivity index (χ0) is 65.5. The van der Waals surface area contributed by atoms with Crippen molar-refractivity contribution in [2.24, 2.45) is 59.0 Å². The van der Waals surface area contributed by atoms with E-state index in [2.05, 4.69) is 31.9 Å². The molecule has 1 rings (SSSR count). The number of hydrogen-bond acceptors (Lipinski definition) is 19. The Morgan fingerprint density at radius 3 is 0.847 bits per heavy atom. The van der Waals surface area contributed by atoms with Crippen molar-refractivity contribution in [1.82, 2.24) is 31.9 Å². The molecule has 0 aromatic carbocycles. The summed E-state index contributed by atoms with van der Waals surface area (Å²) in [7, 11) is 0. The molecule has 85 heavy (non-hydrogen) atoms. The molecule has 1 aliphatic heterocycles. The van der Waals surface area contributed by atoms with Crippen molar-refractivity contribution in [3.05, 3.63) is 0 Å². The summed E-state index contributed by atoms with van der Waals surface area (Å²) in [6, 6.07) is -8.49. The fraction of sp³-hybridized carbons (Fsp3) is 0.800. The molecule has 1 heterocycles. The number of carbonyl (C=O) groups excluding carboxylic acids is 12. The molecule has 1 saturated heterocycles. The van der Waals surface area contributed by atoms with E-state index in [0.29, 0.717) is 12.8 Å². The maximum absolute atomic E-state index is 14.2. The van der Waals surface area contributed by atoms with Crippen LogP contribution in [0.2, 0.25) is 0 Å². The highest BCUT2D eigenvalue weighted by Crippen LogP contribution is 2.21. The first-order chi connectivity index (χ1) is 39.3. The van der Waals surface area contributed by atoms with Crippen LogP contribution in [0.25, 0.3) is 0 Å². The van der Waals surface area contributed by atoms with Crippen molar-refractivity contribution in [2.45, 2.75) is 250 Å². The highest BCUT2D eigenvalue weighted by molar-refractivity contribution is 5.96. The van der Waals surface area contributed by atoms with Crippen LogP contribution in [0.15, 0.2) is 0 Å². The van der Waals surface area contributed by atoms with E-state index in [1.807, 2.05) is 0 Å². The number of nitrogens with one attached hydrogen (secondary N) is 6. The smallest absolute Gasteiger partial charge is 0.329 e. The normalized spacial score (nSPS) is 27.5. The number of esters is 6. The molecule has 6 amide bonds. The van der Waals surface area contributed by atoms with Crippen molar-refractivity contribution >= 4 is 71.3 Å². The van der Waals surface area contributed by atoms with Gasteiger partial charge in [0, 0.05) is 0 Å². The van der Waals surface area contributed by atoms with E-state index in [1.165, 1.54) is 13.8 Å². The van der Waals surface area contributed by atoms with Crippen molar-refractivity contribution in [3.63, 3.8) is 0 Å². The van der Waals surface area contributed by atoms with Crippen LogP contribution in [0.5, 0.6) is 0 Å².